The fourth-order valence-corrected chi connectivity index (χ4v) is 3.43. The van der Waals surface area contributed by atoms with Crippen molar-refractivity contribution in [3.05, 3.63) is 0 Å². The topological polar surface area (TPSA) is 26.8 Å². The average Bonchev–Trinajstić information content (AvgIpc) is 3.20. The molecule has 19 heavy (non-hydrogen) atoms. The van der Waals surface area contributed by atoms with Crippen molar-refractivity contribution in [2.75, 3.05) is 52.9 Å². The summed E-state index contributed by atoms with van der Waals surface area (Å²) in [6, 6.07) is 0. The van der Waals surface area contributed by atoms with Crippen LogP contribution in [0.1, 0.15) is 25.7 Å². The van der Waals surface area contributed by atoms with Crippen LogP contribution in [0.3, 0.4) is 0 Å². The average molecular weight is 265 g/mol. The highest BCUT2D eigenvalue weighted by molar-refractivity contribution is 5.76. The van der Waals surface area contributed by atoms with Gasteiger partial charge in [-0.05, 0) is 31.1 Å². The van der Waals surface area contributed by atoms with Gasteiger partial charge < -0.3 is 14.7 Å². The number of piperazine rings is 1. The van der Waals surface area contributed by atoms with Crippen molar-refractivity contribution in [1.29, 1.82) is 0 Å². The molecule has 1 unspecified atom stereocenters. The Morgan fingerprint density at radius 2 is 1.53 bits per heavy atom. The summed E-state index contributed by atoms with van der Waals surface area (Å²) < 4.78 is 0. The first kappa shape index (κ1) is 13.4. The molecule has 3 fully saturated rings. The molecule has 1 saturated carbocycles. The largest absolute Gasteiger partial charge is 0.345 e. The molecule has 0 aromatic carbocycles. The molecular formula is C15H27N3O. The van der Waals surface area contributed by atoms with E-state index >= 15 is 0 Å². The third kappa shape index (κ3) is 3.69. The zero-order valence-electron chi connectivity index (χ0n) is 12.2. The minimum atomic E-state index is 0.325. The summed E-state index contributed by atoms with van der Waals surface area (Å²) in [5.41, 5.74) is 0. The van der Waals surface area contributed by atoms with E-state index in [2.05, 4.69) is 9.80 Å². The molecule has 2 aliphatic heterocycles. The van der Waals surface area contributed by atoms with E-state index in [1.54, 1.807) is 0 Å². The third-order valence-corrected chi connectivity index (χ3v) is 4.92. The minimum absolute atomic E-state index is 0.325. The van der Waals surface area contributed by atoms with Crippen LogP contribution in [0.5, 0.6) is 0 Å². The van der Waals surface area contributed by atoms with Crippen molar-refractivity contribution < 1.29 is 4.79 Å². The Bertz CT molecular complexity index is 321. The van der Waals surface area contributed by atoms with Gasteiger partial charge in [-0.25, -0.2) is 0 Å². The molecule has 0 aromatic heterocycles. The highest BCUT2D eigenvalue weighted by Crippen LogP contribution is 2.30. The van der Waals surface area contributed by atoms with E-state index < -0.39 is 0 Å². The molecule has 1 aliphatic carbocycles. The van der Waals surface area contributed by atoms with E-state index in [1.165, 1.54) is 52.1 Å². The molecule has 0 radical (unpaired) electrons. The van der Waals surface area contributed by atoms with Crippen LogP contribution in [-0.2, 0) is 4.79 Å². The fraction of sp³-hybridized carbons (Fsp3) is 0.933. The third-order valence-electron chi connectivity index (χ3n) is 4.92. The predicted molar refractivity (Wildman–Crippen MR) is 76.0 cm³/mol. The Morgan fingerprint density at radius 3 is 2.05 bits per heavy atom. The molecule has 1 amide bonds. The van der Waals surface area contributed by atoms with Gasteiger partial charge in [-0.2, -0.15) is 0 Å². The summed E-state index contributed by atoms with van der Waals surface area (Å²) in [5, 5.41) is 0. The Morgan fingerprint density at radius 1 is 0.947 bits per heavy atom. The summed E-state index contributed by atoms with van der Waals surface area (Å²) in [6.45, 7) is 8.43. The zero-order chi connectivity index (χ0) is 13.2. The van der Waals surface area contributed by atoms with Gasteiger partial charge in [0.15, 0.2) is 0 Å². The molecule has 0 bridgehead atoms. The summed E-state index contributed by atoms with van der Waals surface area (Å²) in [5.74, 6) is 2.03. The summed E-state index contributed by atoms with van der Waals surface area (Å²) in [6.07, 6.45) is 4.76. The standard InChI is InChI=1S/C15H27N3O/c1-16-10-14(4-5-15(16)19)12-18-8-6-17(7-9-18)11-13-2-3-13/h13-14H,2-12H2,1H3. The summed E-state index contributed by atoms with van der Waals surface area (Å²) in [7, 11) is 1.95. The number of amides is 1. The van der Waals surface area contributed by atoms with Gasteiger partial charge in [0.25, 0.3) is 0 Å². The van der Waals surface area contributed by atoms with Crippen LogP contribution in [0.2, 0.25) is 0 Å². The lowest BCUT2D eigenvalue weighted by molar-refractivity contribution is -0.133. The second-order valence-electron chi connectivity index (χ2n) is 6.72. The lowest BCUT2D eigenvalue weighted by atomic mass is 9.97. The van der Waals surface area contributed by atoms with Crippen LogP contribution >= 0.6 is 0 Å². The number of piperidine rings is 1. The van der Waals surface area contributed by atoms with Crippen molar-refractivity contribution >= 4 is 5.91 Å². The van der Waals surface area contributed by atoms with Gasteiger partial charge >= 0.3 is 0 Å². The molecule has 2 saturated heterocycles. The first-order valence-corrected chi connectivity index (χ1v) is 7.89. The number of carbonyl (C=O) groups excluding carboxylic acids is 1. The Hall–Kier alpha value is -0.610. The first-order valence-electron chi connectivity index (χ1n) is 7.89. The van der Waals surface area contributed by atoms with E-state index in [-0.39, 0.29) is 0 Å². The molecule has 3 rings (SSSR count). The zero-order valence-corrected chi connectivity index (χ0v) is 12.2. The molecule has 4 nitrogen and oxygen atoms in total. The smallest absolute Gasteiger partial charge is 0.222 e. The maximum Gasteiger partial charge on any atom is 0.222 e. The number of hydrogen-bond acceptors (Lipinski definition) is 3. The number of nitrogens with zero attached hydrogens (tertiary/aromatic N) is 3. The van der Waals surface area contributed by atoms with Crippen molar-refractivity contribution in [3.8, 4) is 0 Å². The van der Waals surface area contributed by atoms with Crippen LogP contribution < -0.4 is 0 Å². The van der Waals surface area contributed by atoms with Gasteiger partial charge in [-0.3, -0.25) is 4.79 Å². The minimum Gasteiger partial charge on any atom is -0.345 e. The number of rotatable bonds is 4. The van der Waals surface area contributed by atoms with Gasteiger partial charge in [0.05, 0.1) is 0 Å². The maximum atomic E-state index is 11.5. The molecule has 3 aliphatic rings. The lowest BCUT2D eigenvalue weighted by Gasteiger charge is -2.38. The summed E-state index contributed by atoms with van der Waals surface area (Å²) in [4.78, 5) is 18.7. The van der Waals surface area contributed by atoms with Crippen LogP contribution in [-0.4, -0.2) is 73.5 Å². The van der Waals surface area contributed by atoms with Crippen molar-refractivity contribution in [3.63, 3.8) is 0 Å². The van der Waals surface area contributed by atoms with E-state index in [4.69, 9.17) is 0 Å². The maximum absolute atomic E-state index is 11.5. The SMILES string of the molecule is CN1CC(CN2CCN(CC3CC3)CC2)CCC1=O. The van der Waals surface area contributed by atoms with E-state index in [0.29, 0.717) is 11.8 Å². The molecule has 1 atom stereocenters. The molecule has 0 spiro atoms. The quantitative estimate of drug-likeness (QED) is 0.755. The first-order chi connectivity index (χ1) is 9.20. The van der Waals surface area contributed by atoms with Gasteiger partial charge in [0.1, 0.15) is 0 Å². The van der Waals surface area contributed by atoms with Crippen molar-refractivity contribution in [2.24, 2.45) is 11.8 Å². The van der Waals surface area contributed by atoms with Crippen LogP contribution in [0.4, 0.5) is 0 Å². The number of carbonyl (C=O) groups is 1. The van der Waals surface area contributed by atoms with Crippen LogP contribution in [0.25, 0.3) is 0 Å². The normalized spacial score (nSPS) is 30.9. The van der Waals surface area contributed by atoms with Gasteiger partial charge in [-0.1, -0.05) is 0 Å². The highest BCUT2D eigenvalue weighted by atomic mass is 16.2. The van der Waals surface area contributed by atoms with Gasteiger partial charge in [-0.15, -0.1) is 0 Å². The van der Waals surface area contributed by atoms with Crippen molar-refractivity contribution in [1.82, 2.24) is 14.7 Å². The van der Waals surface area contributed by atoms with Crippen LogP contribution in [0.15, 0.2) is 0 Å². The van der Waals surface area contributed by atoms with Crippen molar-refractivity contribution in [2.45, 2.75) is 25.7 Å². The Labute approximate surface area is 116 Å². The van der Waals surface area contributed by atoms with Gasteiger partial charge in [0, 0.05) is 59.3 Å². The molecule has 108 valence electrons. The molecule has 0 aromatic rings. The van der Waals surface area contributed by atoms with E-state index in [0.717, 1.165) is 25.3 Å². The van der Waals surface area contributed by atoms with Gasteiger partial charge in [0.2, 0.25) is 5.91 Å². The monoisotopic (exact) mass is 265 g/mol. The second kappa shape index (κ2) is 5.80. The highest BCUT2D eigenvalue weighted by Gasteiger charge is 2.28. The molecule has 0 N–H and O–H groups in total. The Kier molecular flexibility index (Phi) is 4.08. The molecular weight excluding hydrogens is 238 g/mol. The number of likely N-dealkylation sites (tertiary alicyclic amines) is 1. The Balaban J connectivity index is 1.38. The molecule has 4 heteroatoms. The second-order valence-corrected chi connectivity index (χ2v) is 6.72. The fourth-order valence-electron chi connectivity index (χ4n) is 3.43. The van der Waals surface area contributed by atoms with Crippen LogP contribution in [0, 0.1) is 11.8 Å². The summed E-state index contributed by atoms with van der Waals surface area (Å²) >= 11 is 0. The van der Waals surface area contributed by atoms with E-state index in [9.17, 15) is 4.79 Å². The predicted octanol–water partition coefficient (Wildman–Crippen LogP) is 0.882. The van der Waals surface area contributed by atoms with E-state index in [1.807, 2.05) is 11.9 Å². The molecule has 2 heterocycles. The number of hydrogen-bond donors (Lipinski definition) is 0. The lowest BCUT2D eigenvalue weighted by Crippen LogP contribution is -2.50.